The number of benzene rings is 1. The van der Waals surface area contributed by atoms with E-state index in [2.05, 4.69) is 4.98 Å². The molecule has 0 aliphatic rings. The van der Waals surface area contributed by atoms with Crippen molar-refractivity contribution < 1.29 is 9.13 Å². The topological polar surface area (TPSA) is 48.1 Å². The first-order valence-electron chi connectivity index (χ1n) is 6.10. The van der Waals surface area contributed by atoms with E-state index < -0.39 is 0 Å². The maximum Gasteiger partial charge on any atom is 0.165 e. The smallest absolute Gasteiger partial charge is 0.165 e. The van der Waals surface area contributed by atoms with Crippen molar-refractivity contribution >= 4 is 0 Å². The van der Waals surface area contributed by atoms with Crippen molar-refractivity contribution in [1.29, 1.82) is 0 Å². The van der Waals surface area contributed by atoms with Crippen LogP contribution in [0, 0.1) is 12.7 Å². The lowest BCUT2D eigenvalue weighted by Gasteiger charge is -2.14. The third-order valence-electron chi connectivity index (χ3n) is 3.15. The molecule has 4 heteroatoms. The molecule has 0 aliphatic heterocycles. The van der Waals surface area contributed by atoms with E-state index in [9.17, 15) is 4.39 Å². The molecule has 19 heavy (non-hydrogen) atoms. The first-order chi connectivity index (χ1) is 9.11. The van der Waals surface area contributed by atoms with E-state index in [0.717, 1.165) is 16.7 Å². The number of hydrogen-bond acceptors (Lipinski definition) is 3. The molecule has 3 nitrogen and oxygen atoms in total. The maximum atomic E-state index is 13.6. The molecule has 1 aromatic carbocycles. The van der Waals surface area contributed by atoms with Crippen LogP contribution in [0.15, 0.2) is 36.7 Å². The molecule has 0 saturated carbocycles. The number of aromatic nitrogens is 1. The lowest BCUT2D eigenvalue weighted by atomic mass is 9.98. The molecular weight excluding hydrogens is 243 g/mol. The van der Waals surface area contributed by atoms with Gasteiger partial charge in [0.25, 0.3) is 0 Å². The van der Waals surface area contributed by atoms with Gasteiger partial charge < -0.3 is 10.5 Å². The zero-order valence-electron chi connectivity index (χ0n) is 11.1. The van der Waals surface area contributed by atoms with Gasteiger partial charge in [-0.3, -0.25) is 4.98 Å². The van der Waals surface area contributed by atoms with Crippen molar-refractivity contribution in [3.8, 4) is 5.75 Å². The molecule has 0 amide bonds. The second-order valence-corrected chi connectivity index (χ2v) is 4.51. The molecule has 0 aliphatic carbocycles. The Hall–Kier alpha value is -1.94. The first kappa shape index (κ1) is 13.5. The van der Waals surface area contributed by atoms with Gasteiger partial charge in [-0.2, -0.15) is 0 Å². The number of pyridine rings is 1. The molecule has 1 atom stereocenters. The summed E-state index contributed by atoms with van der Waals surface area (Å²) in [6.07, 6.45) is 4.06. The van der Waals surface area contributed by atoms with Crippen LogP contribution >= 0.6 is 0 Å². The minimum absolute atomic E-state index is 0.193. The fourth-order valence-corrected chi connectivity index (χ4v) is 2.07. The summed E-state index contributed by atoms with van der Waals surface area (Å²) in [5.41, 5.74) is 9.08. The van der Waals surface area contributed by atoms with E-state index in [1.54, 1.807) is 18.5 Å². The summed E-state index contributed by atoms with van der Waals surface area (Å²) in [5, 5.41) is 0. The van der Waals surface area contributed by atoms with E-state index >= 15 is 0 Å². The van der Waals surface area contributed by atoms with Gasteiger partial charge in [-0.15, -0.1) is 0 Å². The van der Waals surface area contributed by atoms with E-state index in [4.69, 9.17) is 10.5 Å². The summed E-state index contributed by atoms with van der Waals surface area (Å²) in [5.74, 6) is -0.120. The van der Waals surface area contributed by atoms with Gasteiger partial charge in [0.15, 0.2) is 11.6 Å². The van der Waals surface area contributed by atoms with Crippen LogP contribution in [0.1, 0.15) is 22.7 Å². The predicted octanol–water partition coefficient (Wildman–Crippen LogP) is 2.78. The monoisotopic (exact) mass is 260 g/mol. The summed E-state index contributed by atoms with van der Waals surface area (Å²) in [6.45, 7) is 1.99. The molecule has 0 saturated heterocycles. The molecule has 0 spiro atoms. The lowest BCUT2D eigenvalue weighted by molar-refractivity contribution is 0.386. The normalized spacial score (nSPS) is 12.2. The quantitative estimate of drug-likeness (QED) is 0.919. The van der Waals surface area contributed by atoms with Gasteiger partial charge in [-0.1, -0.05) is 6.07 Å². The van der Waals surface area contributed by atoms with Gasteiger partial charge in [-0.25, -0.2) is 4.39 Å². The molecule has 100 valence electrons. The second kappa shape index (κ2) is 5.80. The second-order valence-electron chi connectivity index (χ2n) is 4.51. The number of ether oxygens (including phenoxy) is 1. The predicted molar refractivity (Wildman–Crippen MR) is 72.6 cm³/mol. The molecule has 0 bridgehead atoms. The zero-order chi connectivity index (χ0) is 13.8. The minimum atomic E-state index is -0.366. The van der Waals surface area contributed by atoms with Crippen LogP contribution in [0.3, 0.4) is 0 Å². The average molecular weight is 260 g/mol. The van der Waals surface area contributed by atoms with Crippen molar-refractivity contribution in [1.82, 2.24) is 4.98 Å². The number of halogens is 1. The van der Waals surface area contributed by atoms with Crippen LogP contribution in [0.25, 0.3) is 0 Å². The summed E-state index contributed by atoms with van der Waals surface area (Å²) in [4.78, 5) is 4.08. The molecule has 1 aromatic heterocycles. The number of aryl methyl sites for hydroxylation is 1. The molecule has 2 aromatic rings. The van der Waals surface area contributed by atoms with E-state index in [1.165, 1.54) is 13.2 Å². The van der Waals surface area contributed by atoms with Crippen LogP contribution in [0.4, 0.5) is 4.39 Å². The van der Waals surface area contributed by atoms with Gasteiger partial charge in [-0.05, 0) is 48.2 Å². The van der Waals surface area contributed by atoms with Crippen molar-refractivity contribution in [2.45, 2.75) is 19.4 Å². The lowest BCUT2D eigenvalue weighted by Crippen LogP contribution is -2.15. The standard InChI is InChI=1S/C15H17FN2O/c1-10-5-6-18-9-12(10)14(17)8-11-3-4-15(19-2)13(16)7-11/h3-7,9,14H,8,17H2,1-2H3. The summed E-state index contributed by atoms with van der Waals surface area (Å²) in [6, 6.07) is 6.64. The molecule has 1 unspecified atom stereocenters. The largest absolute Gasteiger partial charge is 0.494 e. The third kappa shape index (κ3) is 3.09. The Morgan fingerprint density at radius 2 is 2.16 bits per heavy atom. The van der Waals surface area contributed by atoms with Crippen LogP contribution in [-0.2, 0) is 6.42 Å². The van der Waals surface area contributed by atoms with E-state index in [0.29, 0.717) is 6.42 Å². The number of rotatable bonds is 4. The number of hydrogen-bond donors (Lipinski definition) is 1. The highest BCUT2D eigenvalue weighted by atomic mass is 19.1. The maximum absolute atomic E-state index is 13.6. The Kier molecular flexibility index (Phi) is 4.12. The van der Waals surface area contributed by atoms with Crippen LogP contribution in [-0.4, -0.2) is 12.1 Å². The zero-order valence-corrected chi connectivity index (χ0v) is 11.1. The molecule has 2 rings (SSSR count). The Balaban J connectivity index is 2.17. The SMILES string of the molecule is COc1ccc(CC(N)c2cnccc2C)cc1F. The Labute approximate surface area is 112 Å². The average Bonchev–Trinajstić information content (AvgIpc) is 2.39. The van der Waals surface area contributed by atoms with Crippen molar-refractivity contribution in [3.63, 3.8) is 0 Å². The summed E-state index contributed by atoms with van der Waals surface area (Å²) < 4.78 is 18.5. The molecule has 0 radical (unpaired) electrons. The Bertz CT molecular complexity index is 572. The highest BCUT2D eigenvalue weighted by Gasteiger charge is 2.11. The van der Waals surface area contributed by atoms with Crippen molar-refractivity contribution in [3.05, 3.63) is 59.2 Å². The summed E-state index contributed by atoms with van der Waals surface area (Å²) >= 11 is 0. The van der Waals surface area contributed by atoms with Crippen molar-refractivity contribution in [2.75, 3.05) is 7.11 Å². The fourth-order valence-electron chi connectivity index (χ4n) is 2.07. The van der Waals surface area contributed by atoms with Crippen LogP contribution < -0.4 is 10.5 Å². The van der Waals surface area contributed by atoms with Gasteiger partial charge in [0.2, 0.25) is 0 Å². The van der Waals surface area contributed by atoms with Crippen molar-refractivity contribution in [2.24, 2.45) is 5.73 Å². The minimum Gasteiger partial charge on any atom is -0.494 e. The van der Waals surface area contributed by atoms with Gasteiger partial charge in [0.1, 0.15) is 0 Å². The first-order valence-corrected chi connectivity index (χ1v) is 6.10. The number of nitrogens with zero attached hydrogens (tertiary/aromatic N) is 1. The summed E-state index contributed by atoms with van der Waals surface area (Å²) in [7, 11) is 1.45. The number of nitrogens with two attached hydrogens (primary N) is 1. The number of methoxy groups -OCH3 is 1. The highest BCUT2D eigenvalue weighted by molar-refractivity contribution is 5.32. The van der Waals surface area contributed by atoms with Crippen LogP contribution in [0.2, 0.25) is 0 Å². The van der Waals surface area contributed by atoms with Gasteiger partial charge in [0, 0.05) is 18.4 Å². The van der Waals surface area contributed by atoms with Crippen LogP contribution in [0.5, 0.6) is 5.75 Å². The van der Waals surface area contributed by atoms with E-state index in [-0.39, 0.29) is 17.6 Å². The fraction of sp³-hybridized carbons (Fsp3) is 0.267. The highest BCUT2D eigenvalue weighted by Crippen LogP contribution is 2.22. The Morgan fingerprint density at radius 1 is 1.37 bits per heavy atom. The van der Waals surface area contributed by atoms with Gasteiger partial charge in [0.05, 0.1) is 7.11 Å². The van der Waals surface area contributed by atoms with Gasteiger partial charge >= 0.3 is 0 Å². The molecular formula is C15H17FN2O. The molecule has 0 fully saturated rings. The molecule has 2 N–H and O–H groups in total. The molecule has 1 heterocycles. The van der Waals surface area contributed by atoms with E-state index in [1.807, 2.05) is 19.1 Å². The third-order valence-corrected chi connectivity index (χ3v) is 3.15. The Morgan fingerprint density at radius 3 is 2.79 bits per heavy atom.